The molecule has 1 aromatic rings. The molecule has 0 amide bonds. The Morgan fingerprint density at radius 3 is 2.50 bits per heavy atom. The summed E-state index contributed by atoms with van der Waals surface area (Å²) in [7, 11) is 0. The number of hydrogen-bond acceptors (Lipinski definition) is 3. The van der Waals surface area contributed by atoms with Gasteiger partial charge in [-0.25, -0.2) is 13.8 Å². The summed E-state index contributed by atoms with van der Waals surface area (Å²) in [6.07, 6.45) is -0.484. The minimum atomic E-state index is -2.23. The molecule has 1 saturated heterocycles. The SMILES string of the molecule is FC(F)CN1CCN(c2ccccn2)CC1. The number of piperazine rings is 1. The van der Waals surface area contributed by atoms with Gasteiger partial charge in [0, 0.05) is 32.4 Å². The van der Waals surface area contributed by atoms with Crippen LogP contribution < -0.4 is 4.90 Å². The molecule has 2 heterocycles. The summed E-state index contributed by atoms with van der Waals surface area (Å²) in [6.45, 7) is 2.78. The fourth-order valence-electron chi connectivity index (χ4n) is 1.90. The molecule has 1 fully saturated rings. The van der Waals surface area contributed by atoms with Gasteiger partial charge in [0.25, 0.3) is 6.43 Å². The third-order valence-corrected chi connectivity index (χ3v) is 2.74. The summed E-state index contributed by atoms with van der Waals surface area (Å²) in [5.41, 5.74) is 0. The maximum Gasteiger partial charge on any atom is 0.251 e. The van der Waals surface area contributed by atoms with Gasteiger partial charge in [-0.1, -0.05) is 6.07 Å². The van der Waals surface area contributed by atoms with Crippen LogP contribution >= 0.6 is 0 Å². The van der Waals surface area contributed by atoms with Crippen LogP contribution in [-0.4, -0.2) is 49.0 Å². The van der Waals surface area contributed by atoms with Crippen LogP contribution in [0.25, 0.3) is 0 Å². The second kappa shape index (κ2) is 5.21. The number of rotatable bonds is 3. The number of nitrogens with zero attached hydrogens (tertiary/aromatic N) is 3. The molecule has 0 unspecified atom stereocenters. The molecule has 0 N–H and O–H groups in total. The van der Waals surface area contributed by atoms with Gasteiger partial charge in [-0.3, -0.25) is 4.90 Å². The molecule has 0 saturated carbocycles. The number of anilines is 1. The molecule has 0 aromatic carbocycles. The smallest absolute Gasteiger partial charge is 0.251 e. The van der Waals surface area contributed by atoms with Crippen molar-refractivity contribution in [1.82, 2.24) is 9.88 Å². The van der Waals surface area contributed by atoms with Crippen molar-refractivity contribution in [1.29, 1.82) is 0 Å². The molecule has 0 atom stereocenters. The fraction of sp³-hybridized carbons (Fsp3) is 0.545. The lowest BCUT2D eigenvalue weighted by atomic mass is 10.3. The Morgan fingerprint density at radius 2 is 1.94 bits per heavy atom. The van der Waals surface area contributed by atoms with E-state index >= 15 is 0 Å². The van der Waals surface area contributed by atoms with Crippen molar-refractivity contribution < 1.29 is 8.78 Å². The lowest BCUT2D eigenvalue weighted by Gasteiger charge is -2.35. The van der Waals surface area contributed by atoms with Crippen molar-refractivity contribution in [3.63, 3.8) is 0 Å². The average molecular weight is 227 g/mol. The Morgan fingerprint density at radius 1 is 1.19 bits per heavy atom. The average Bonchev–Trinajstić information content (AvgIpc) is 2.30. The van der Waals surface area contributed by atoms with Gasteiger partial charge in [-0.15, -0.1) is 0 Å². The van der Waals surface area contributed by atoms with E-state index in [1.807, 2.05) is 18.2 Å². The van der Waals surface area contributed by atoms with Crippen molar-refractivity contribution in [2.75, 3.05) is 37.6 Å². The zero-order chi connectivity index (χ0) is 11.4. The molecule has 88 valence electrons. The van der Waals surface area contributed by atoms with Crippen molar-refractivity contribution in [2.45, 2.75) is 6.43 Å². The van der Waals surface area contributed by atoms with E-state index in [4.69, 9.17) is 0 Å². The molecule has 2 rings (SSSR count). The molecule has 5 heteroatoms. The van der Waals surface area contributed by atoms with Crippen molar-refractivity contribution in [3.8, 4) is 0 Å². The van der Waals surface area contributed by atoms with E-state index in [2.05, 4.69) is 9.88 Å². The minimum Gasteiger partial charge on any atom is -0.354 e. The predicted octanol–water partition coefficient (Wildman–Crippen LogP) is 1.47. The van der Waals surface area contributed by atoms with Crippen molar-refractivity contribution >= 4 is 5.82 Å². The standard InChI is InChI=1S/C11H15F2N3/c12-10(13)9-15-5-7-16(8-6-15)11-3-1-2-4-14-11/h1-4,10H,5-9H2. The van der Waals surface area contributed by atoms with Crippen LogP contribution in [0.3, 0.4) is 0 Å². The topological polar surface area (TPSA) is 19.4 Å². The molecule has 0 bridgehead atoms. The highest BCUT2D eigenvalue weighted by atomic mass is 19.3. The summed E-state index contributed by atoms with van der Waals surface area (Å²) in [6, 6.07) is 5.76. The van der Waals surface area contributed by atoms with Gasteiger partial charge in [0.15, 0.2) is 0 Å². The molecular formula is C11H15F2N3. The van der Waals surface area contributed by atoms with Crippen LogP contribution in [0.4, 0.5) is 14.6 Å². The van der Waals surface area contributed by atoms with Gasteiger partial charge in [0.2, 0.25) is 0 Å². The van der Waals surface area contributed by atoms with Crippen molar-refractivity contribution in [2.24, 2.45) is 0 Å². The van der Waals surface area contributed by atoms with Crippen LogP contribution in [0.2, 0.25) is 0 Å². The van der Waals surface area contributed by atoms with Crippen LogP contribution in [-0.2, 0) is 0 Å². The Bertz CT molecular complexity index is 310. The molecule has 0 aliphatic carbocycles. The first-order chi connectivity index (χ1) is 7.75. The van der Waals surface area contributed by atoms with Gasteiger partial charge in [-0.05, 0) is 12.1 Å². The van der Waals surface area contributed by atoms with E-state index in [-0.39, 0.29) is 6.54 Å². The Hall–Kier alpha value is -1.23. The van der Waals surface area contributed by atoms with E-state index in [1.165, 1.54) is 0 Å². The number of alkyl halides is 2. The molecule has 16 heavy (non-hydrogen) atoms. The molecule has 1 aliphatic heterocycles. The lowest BCUT2D eigenvalue weighted by molar-refractivity contribution is 0.0854. The Kier molecular flexibility index (Phi) is 3.66. The number of aromatic nitrogens is 1. The third-order valence-electron chi connectivity index (χ3n) is 2.74. The first-order valence-corrected chi connectivity index (χ1v) is 5.42. The van der Waals surface area contributed by atoms with Crippen LogP contribution in [0.1, 0.15) is 0 Å². The largest absolute Gasteiger partial charge is 0.354 e. The number of halogens is 2. The maximum atomic E-state index is 12.2. The second-order valence-corrected chi connectivity index (χ2v) is 3.87. The second-order valence-electron chi connectivity index (χ2n) is 3.87. The highest BCUT2D eigenvalue weighted by Crippen LogP contribution is 2.12. The monoisotopic (exact) mass is 227 g/mol. The van der Waals surface area contributed by atoms with Crippen LogP contribution in [0.5, 0.6) is 0 Å². The van der Waals surface area contributed by atoms with Crippen molar-refractivity contribution in [3.05, 3.63) is 24.4 Å². The minimum absolute atomic E-state index is 0.115. The maximum absolute atomic E-state index is 12.2. The number of pyridine rings is 1. The number of hydrogen-bond donors (Lipinski definition) is 0. The quantitative estimate of drug-likeness (QED) is 0.779. The third kappa shape index (κ3) is 2.88. The molecule has 3 nitrogen and oxygen atoms in total. The zero-order valence-corrected chi connectivity index (χ0v) is 9.02. The first kappa shape index (κ1) is 11.3. The van der Waals surface area contributed by atoms with E-state index in [9.17, 15) is 8.78 Å². The lowest BCUT2D eigenvalue weighted by Crippen LogP contribution is -2.48. The molecule has 1 aromatic heterocycles. The highest BCUT2D eigenvalue weighted by Gasteiger charge is 2.19. The highest BCUT2D eigenvalue weighted by molar-refractivity contribution is 5.38. The molecular weight excluding hydrogens is 212 g/mol. The van der Waals surface area contributed by atoms with Crippen LogP contribution in [0, 0.1) is 0 Å². The summed E-state index contributed by atoms with van der Waals surface area (Å²) < 4.78 is 24.3. The summed E-state index contributed by atoms with van der Waals surface area (Å²) in [5.74, 6) is 0.930. The predicted molar refractivity (Wildman–Crippen MR) is 58.9 cm³/mol. The van der Waals surface area contributed by atoms with Crippen LogP contribution in [0.15, 0.2) is 24.4 Å². The Balaban J connectivity index is 1.86. The van der Waals surface area contributed by atoms with Gasteiger partial charge < -0.3 is 4.90 Å². The molecule has 0 radical (unpaired) electrons. The molecule has 1 aliphatic rings. The van der Waals surface area contributed by atoms with Gasteiger partial charge in [0.1, 0.15) is 5.82 Å². The van der Waals surface area contributed by atoms with E-state index in [0.29, 0.717) is 13.1 Å². The Labute approximate surface area is 93.7 Å². The van der Waals surface area contributed by atoms with Gasteiger partial charge >= 0.3 is 0 Å². The summed E-state index contributed by atoms with van der Waals surface area (Å²) in [4.78, 5) is 8.17. The summed E-state index contributed by atoms with van der Waals surface area (Å²) in [5, 5.41) is 0. The normalized spacial score (nSPS) is 18.1. The first-order valence-electron chi connectivity index (χ1n) is 5.42. The molecule has 0 spiro atoms. The van der Waals surface area contributed by atoms with E-state index in [1.54, 1.807) is 11.1 Å². The van der Waals surface area contributed by atoms with Gasteiger partial charge in [0.05, 0.1) is 6.54 Å². The van der Waals surface area contributed by atoms with E-state index < -0.39 is 6.43 Å². The fourth-order valence-corrected chi connectivity index (χ4v) is 1.90. The summed E-state index contributed by atoms with van der Waals surface area (Å²) >= 11 is 0. The van der Waals surface area contributed by atoms with E-state index in [0.717, 1.165) is 18.9 Å². The van der Waals surface area contributed by atoms with Gasteiger partial charge in [-0.2, -0.15) is 0 Å². The zero-order valence-electron chi connectivity index (χ0n) is 9.02.